The Morgan fingerprint density at radius 1 is 1.00 bits per heavy atom. The number of H-pyrrole nitrogens is 1. The van der Waals surface area contributed by atoms with Gasteiger partial charge in [-0.15, -0.1) is 0 Å². The van der Waals surface area contributed by atoms with Crippen molar-refractivity contribution in [1.82, 2.24) is 9.71 Å². The summed E-state index contributed by atoms with van der Waals surface area (Å²) < 4.78 is 38.8. The van der Waals surface area contributed by atoms with Gasteiger partial charge in [-0.3, -0.25) is 4.79 Å². The van der Waals surface area contributed by atoms with Crippen LogP contribution in [0, 0.1) is 0 Å². The van der Waals surface area contributed by atoms with Gasteiger partial charge in [0.05, 0.1) is 5.56 Å². The molecule has 0 saturated carbocycles. The Bertz CT molecular complexity index is 1070. The molecule has 0 atom stereocenters. The number of rotatable bonds is 3. The Labute approximate surface area is 155 Å². The van der Waals surface area contributed by atoms with Crippen molar-refractivity contribution >= 4 is 11.6 Å². The molecule has 2 N–H and O–H groups in total. The van der Waals surface area contributed by atoms with E-state index >= 15 is 0 Å². The molecule has 9 heteroatoms. The van der Waals surface area contributed by atoms with Crippen molar-refractivity contribution in [3.8, 4) is 11.1 Å². The summed E-state index contributed by atoms with van der Waals surface area (Å²) in [5.74, 6) is 0. The fourth-order valence-corrected chi connectivity index (χ4v) is 2.82. The molecule has 0 aliphatic carbocycles. The number of halogens is 4. The number of aromatic amines is 1. The topological polar surface area (TPSA) is 75.1 Å². The molecule has 0 amide bonds. The van der Waals surface area contributed by atoms with E-state index < -0.39 is 23.0 Å². The van der Waals surface area contributed by atoms with Gasteiger partial charge >= 0.3 is 11.9 Å². The lowest BCUT2D eigenvalue weighted by molar-refractivity contribution is -0.137. The lowest BCUT2D eigenvalue weighted by Gasteiger charge is -2.11. The number of hydrogen-bond donors (Lipinski definition) is 2. The van der Waals surface area contributed by atoms with Gasteiger partial charge in [-0.05, 0) is 34.9 Å². The summed E-state index contributed by atoms with van der Waals surface area (Å²) in [6.45, 7) is 0. The predicted molar refractivity (Wildman–Crippen MR) is 93.2 cm³/mol. The second-order valence-electron chi connectivity index (χ2n) is 5.85. The minimum Gasteiger partial charge on any atom is -0.421 e. The highest BCUT2D eigenvalue weighted by molar-refractivity contribution is 6.31. The Hall–Kier alpha value is -3.00. The van der Waals surface area contributed by atoms with Gasteiger partial charge in [0.25, 0.3) is 5.56 Å². The SMILES string of the molecule is O=c1cc(Cc2ccc(-c3cc(Cl)cc(C(F)(F)F)c3)cc2)[nH]c(=O)n1O. The number of benzene rings is 2. The van der Waals surface area contributed by atoms with Crippen LogP contribution in [0.4, 0.5) is 13.2 Å². The first-order valence-electron chi connectivity index (χ1n) is 7.65. The molecule has 0 saturated heterocycles. The first-order chi connectivity index (χ1) is 12.6. The summed E-state index contributed by atoms with van der Waals surface area (Å²) in [6, 6.07) is 10.9. The van der Waals surface area contributed by atoms with Crippen LogP contribution in [-0.2, 0) is 12.6 Å². The summed E-state index contributed by atoms with van der Waals surface area (Å²) in [4.78, 5) is 25.2. The molecular weight excluding hydrogens is 385 g/mol. The van der Waals surface area contributed by atoms with E-state index in [0.29, 0.717) is 22.4 Å². The molecule has 27 heavy (non-hydrogen) atoms. The molecule has 1 heterocycles. The second-order valence-corrected chi connectivity index (χ2v) is 6.29. The number of alkyl halides is 3. The molecule has 0 bridgehead atoms. The van der Waals surface area contributed by atoms with Gasteiger partial charge in [0.1, 0.15) is 0 Å². The van der Waals surface area contributed by atoms with Crippen molar-refractivity contribution in [3.05, 3.63) is 91.2 Å². The third kappa shape index (κ3) is 4.22. The number of hydrogen-bond acceptors (Lipinski definition) is 3. The van der Waals surface area contributed by atoms with E-state index in [2.05, 4.69) is 4.98 Å². The molecule has 0 unspecified atom stereocenters. The average molecular weight is 397 g/mol. The van der Waals surface area contributed by atoms with Gasteiger partial charge < -0.3 is 10.2 Å². The first-order valence-corrected chi connectivity index (χ1v) is 8.03. The van der Waals surface area contributed by atoms with Crippen LogP contribution in [0.1, 0.15) is 16.8 Å². The van der Waals surface area contributed by atoms with E-state index in [1.54, 1.807) is 24.3 Å². The van der Waals surface area contributed by atoms with E-state index in [9.17, 15) is 22.8 Å². The molecule has 0 aliphatic rings. The monoisotopic (exact) mass is 396 g/mol. The maximum absolute atomic E-state index is 12.9. The van der Waals surface area contributed by atoms with E-state index in [-0.39, 0.29) is 16.2 Å². The smallest absolute Gasteiger partial charge is 0.416 e. The molecular formula is C18H12ClF3N2O3. The molecule has 0 fully saturated rings. The van der Waals surface area contributed by atoms with Gasteiger partial charge in [0.2, 0.25) is 0 Å². The van der Waals surface area contributed by atoms with E-state index in [1.807, 2.05) is 0 Å². The predicted octanol–water partition coefficient (Wildman–Crippen LogP) is 3.70. The first kappa shape index (κ1) is 18.8. The number of nitrogens with zero attached hydrogens (tertiary/aromatic N) is 1. The Kier molecular flexibility index (Phi) is 4.84. The van der Waals surface area contributed by atoms with Crippen LogP contribution in [0.15, 0.2) is 58.1 Å². The minimum atomic E-state index is -4.50. The Morgan fingerprint density at radius 2 is 1.67 bits per heavy atom. The number of aromatic nitrogens is 2. The molecule has 2 aromatic carbocycles. The maximum Gasteiger partial charge on any atom is 0.416 e. The molecule has 5 nitrogen and oxygen atoms in total. The van der Waals surface area contributed by atoms with Gasteiger partial charge in [0.15, 0.2) is 0 Å². The fraction of sp³-hybridized carbons (Fsp3) is 0.111. The van der Waals surface area contributed by atoms with Crippen molar-refractivity contribution in [2.75, 3.05) is 0 Å². The Morgan fingerprint density at radius 3 is 2.26 bits per heavy atom. The standard InChI is InChI=1S/C18H12ClF3N2O3/c19-14-7-12(6-13(8-14)18(20,21)22)11-3-1-10(2-4-11)5-15-9-16(25)24(27)17(26)23-15/h1-4,6-9,27H,5H2,(H,23,26). The van der Waals surface area contributed by atoms with E-state index in [0.717, 1.165) is 18.2 Å². The molecule has 3 aromatic rings. The van der Waals surface area contributed by atoms with Crippen LogP contribution in [0.25, 0.3) is 11.1 Å². The van der Waals surface area contributed by atoms with Crippen molar-refractivity contribution in [2.45, 2.75) is 12.6 Å². The highest BCUT2D eigenvalue weighted by Gasteiger charge is 2.31. The highest BCUT2D eigenvalue weighted by Crippen LogP contribution is 2.34. The van der Waals surface area contributed by atoms with Crippen LogP contribution in [0.3, 0.4) is 0 Å². The van der Waals surface area contributed by atoms with Crippen molar-refractivity contribution in [3.63, 3.8) is 0 Å². The lowest BCUT2D eigenvalue weighted by atomic mass is 10.00. The molecule has 1 aromatic heterocycles. The quantitative estimate of drug-likeness (QED) is 0.663. The zero-order valence-electron chi connectivity index (χ0n) is 13.5. The highest BCUT2D eigenvalue weighted by atomic mass is 35.5. The van der Waals surface area contributed by atoms with E-state index in [1.165, 1.54) is 6.07 Å². The van der Waals surface area contributed by atoms with Crippen molar-refractivity contribution < 1.29 is 18.4 Å². The summed E-state index contributed by atoms with van der Waals surface area (Å²) in [6.07, 6.45) is -4.30. The fourth-order valence-electron chi connectivity index (χ4n) is 2.59. The Balaban J connectivity index is 1.89. The number of nitrogens with one attached hydrogen (secondary N) is 1. The molecule has 0 spiro atoms. The van der Waals surface area contributed by atoms with Crippen LogP contribution in [0.5, 0.6) is 0 Å². The lowest BCUT2D eigenvalue weighted by Crippen LogP contribution is -2.33. The minimum absolute atomic E-state index is 0.0222. The van der Waals surface area contributed by atoms with Gasteiger partial charge in [-0.2, -0.15) is 13.2 Å². The van der Waals surface area contributed by atoms with Crippen LogP contribution in [-0.4, -0.2) is 14.9 Å². The summed E-state index contributed by atoms with van der Waals surface area (Å²) in [5.41, 5.74) is -0.788. The second kappa shape index (κ2) is 6.96. The molecule has 0 aliphatic heterocycles. The summed E-state index contributed by atoms with van der Waals surface area (Å²) >= 11 is 5.80. The average Bonchev–Trinajstić information content (AvgIpc) is 2.59. The van der Waals surface area contributed by atoms with Crippen LogP contribution >= 0.6 is 11.6 Å². The zero-order chi connectivity index (χ0) is 19.8. The largest absolute Gasteiger partial charge is 0.421 e. The normalized spacial score (nSPS) is 11.6. The third-order valence-corrected chi connectivity index (χ3v) is 4.09. The van der Waals surface area contributed by atoms with E-state index in [4.69, 9.17) is 16.8 Å². The van der Waals surface area contributed by atoms with Crippen molar-refractivity contribution in [1.29, 1.82) is 0 Å². The van der Waals surface area contributed by atoms with Crippen LogP contribution in [0.2, 0.25) is 5.02 Å². The van der Waals surface area contributed by atoms with Crippen LogP contribution < -0.4 is 11.2 Å². The molecule has 0 radical (unpaired) electrons. The molecule has 3 rings (SSSR count). The summed E-state index contributed by atoms with van der Waals surface area (Å²) in [5, 5.41) is 9.11. The zero-order valence-corrected chi connectivity index (χ0v) is 14.3. The van der Waals surface area contributed by atoms with Gasteiger partial charge in [0, 0.05) is 23.2 Å². The third-order valence-electron chi connectivity index (χ3n) is 3.87. The van der Waals surface area contributed by atoms with Gasteiger partial charge in [-0.25, -0.2) is 4.79 Å². The summed E-state index contributed by atoms with van der Waals surface area (Å²) in [7, 11) is 0. The van der Waals surface area contributed by atoms with Crippen molar-refractivity contribution in [2.24, 2.45) is 0 Å². The maximum atomic E-state index is 12.9. The van der Waals surface area contributed by atoms with Gasteiger partial charge in [-0.1, -0.05) is 40.6 Å². The molecule has 140 valence electrons.